The Morgan fingerprint density at radius 1 is 1.03 bits per heavy atom. The fourth-order valence-electron chi connectivity index (χ4n) is 4.47. The predicted molar refractivity (Wildman–Crippen MR) is 138 cm³/mol. The highest BCUT2D eigenvalue weighted by Crippen LogP contribution is 2.38. The molecule has 0 amide bonds. The number of nitrogens with one attached hydrogen (secondary N) is 1. The van der Waals surface area contributed by atoms with E-state index in [9.17, 15) is 5.11 Å². The third kappa shape index (κ3) is 5.45. The van der Waals surface area contributed by atoms with Crippen LogP contribution in [0.4, 0.5) is 5.82 Å². The minimum atomic E-state index is -0.512. The number of piperidine rings is 1. The van der Waals surface area contributed by atoms with E-state index < -0.39 is 6.10 Å². The number of benzene rings is 2. The lowest BCUT2D eigenvalue weighted by Gasteiger charge is -2.34. The van der Waals surface area contributed by atoms with Crippen molar-refractivity contribution >= 4 is 27.4 Å². The molecule has 0 saturated carbocycles. The Morgan fingerprint density at radius 2 is 1.76 bits per heavy atom. The standard InChI is InChI=1S/C27H30N4O2S/c32-23(17-33-16-20-7-3-1-4-8-20)15-28-22-11-13-31(14-12-22)26-25-24(21-9-5-2-6-10-21)18-34-27(25)30-19-29-26/h1-10,18-19,22-23,28,32H,11-17H2. The van der Waals surface area contributed by atoms with E-state index in [0.717, 1.165) is 47.5 Å². The highest BCUT2D eigenvalue weighted by molar-refractivity contribution is 7.17. The fraction of sp³-hybridized carbons (Fsp3) is 0.333. The highest BCUT2D eigenvalue weighted by atomic mass is 32.1. The van der Waals surface area contributed by atoms with Gasteiger partial charge < -0.3 is 20.1 Å². The van der Waals surface area contributed by atoms with Crippen molar-refractivity contribution in [3.05, 3.63) is 77.9 Å². The number of hydrogen-bond donors (Lipinski definition) is 2. The molecule has 0 aliphatic carbocycles. The van der Waals surface area contributed by atoms with Crippen molar-refractivity contribution in [2.24, 2.45) is 0 Å². The van der Waals surface area contributed by atoms with E-state index in [0.29, 0.717) is 25.8 Å². The maximum Gasteiger partial charge on any atom is 0.141 e. The van der Waals surface area contributed by atoms with Crippen LogP contribution in [-0.4, -0.2) is 53.5 Å². The van der Waals surface area contributed by atoms with Crippen LogP contribution in [-0.2, 0) is 11.3 Å². The molecule has 2 aromatic carbocycles. The predicted octanol–water partition coefficient (Wildman–Crippen LogP) is 4.49. The second-order valence-electron chi connectivity index (χ2n) is 8.72. The van der Waals surface area contributed by atoms with Crippen LogP contribution < -0.4 is 10.2 Å². The molecular formula is C27H30N4O2S. The number of nitrogens with zero attached hydrogens (tertiary/aromatic N) is 3. The third-order valence-electron chi connectivity index (χ3n) is 6.29. The minimum absolute atomic E-state index is 0.333. The number of fused-ring (bicyclic) bond motifs is 1. The maximum atomic E-state index is 10.3. The first kappa shape index (κ1) is 22.9. The molecule has 5 rings (SSSR count). The first-order chi connectivity index (χ1) is 16.8. The summed E-state index contributed by atoms with van der Waals surface area (Å²) < 4.78 is 5.67. The molecule has 4 aromatic rings. The van der Waals surface area contributed by atoms with Gasteiger partial charge in [0.1, 0.15) is 17.0 Å². The van der Waals surface area contributed by atoms with Gasteiger partial charge in [-0.15, -0.1) is 11.3 Å². The van der Waals surface area contributed by atoms with Crippen molar-refractivity contribution in [3.63, 3.8) is 0 Å². The number of rotatable bonds is 9. The van der Waals surface area contributed by atoms with Gasteiger partial charge in [0.2, 0.25) is 0 Å². The van der Waals surface area contributed by atoms with Gasteiger partial charge in [0, 0.05) is 36.6 Å². The van der Waals surface area contributed by atoms with Crippen molar-refractivity contribution in [2.75, 3.05) is 31.1 Å². The summed E-state index contributed by atoms with van der Waals surface area (Å²) in [5.41, 5.74) is 3.52. The summed E-state index contributed by atoms with van der Waals surface area (Å²) in [6.07, 6.45) is 3.18. The molecule has 1 aliphatic rings. The topological polar surface area (TPSA) is 70.5 Å². The first-order valence-electron chi connectivity index (χ1n) is 11.8. The molecule has 7 heteroatoms. The second kappa shape index (κ2) is 11.1. The number of thiophene rings is 1. The van der Waals surface area contributed by atoms with E-state index in [2.05, 4.69) is 44.8 Å². The van der Waals surface area contributed by atoms with Crippen molar-refractivity contribution in [1.29, 1.82) is 0 Å². The van der Waals surface area contributed by atoms with Crippen LogP contribution in [0, 0.1) is 0 Å². The molecule has 0 spiro atoms. The van der Waals surface area contributed by atoms with E-state index in [1.54, 1.807) is 17.7 Å². The molecule has 3 heterocycles. The molecule has 34 heavy (non-hydrogen) atoms. The lowest BCUT2D eigenvalue weighted by molar-refractivity contribution is 0.0272. The summed E-state index contributed by atoms with van der Waals surface area (Å²) >= 11 is 1.67. The van der Waals surface area contributed by atoms with E-state index >= 15 is 0 Å². The van der Waals surface area contributed by atoms with Crippen molar-refractivity contribution < 1.29 is 9.84 Å². The van der Waals surface area contributed by atoms with Crippen LogP contribution in [0.2, 0.25) is 0 Å². The number of anilines is 1. The second-order valence-corrected chi connectivity index (χ2v) is 9.58. The normalized spacial score (nSPS) is 15.6. The fourth-order valence-corrected chi connectivity index (χ4v) is 5.38. The average Bonchev–Trinajstić information content (AvgIpc) is 3.33. The lowest BCUT2D eigenvalue weighted by Crippen LogP contribution is -2.45. The molecule has 2 N–H and O–H groups in total. The zero-order valence-corrected chi connectivity index (χ0v) is 20.0. The van der Waals surface area contributed by atoms with Crippen LogP contribution in [0.5, 0.6) is 0 Å². The first-order valence-corrected chi connectivity index (χ1v) is 12.7. The maximum absolute atomic E-state index is 10.3. The van der Waals surface area contributed by atoms with Crippen LogP contribution in [0.25, 0.3) is 21.3 Å². The molecule has 1 aliphatic heterocycles. The van der Waals surface area contributed by atoms with Gasteiger partial charge in [-0.25, -0.2) is 9.97 Å². The van der Waals surface area contributed by atoms with E-state index in [4.69, 9.17) is 9.72 Å². The summed E-state index contributed by atoms with van der Waals surface area (Å²) in [7, 11) is 0. The van der Waals surface area contributed by atoms with Gasteiger partial charge in [-0.05, 0) is 24.0 Å². The Labute approximate surface area is 204 Å². The van der Waals surface area contributed by atoms with Crippen LogP contribution in [0.3, 0.4) is 0 Å². The zero-order valence-electron chi connectivity index (χ0n) is 19.1. The Kier molecular flexibility index (Phi) is 7.46. The summed E-state index contributed by atoms with van der Waals surface area (Å²) in [6, 6.07) is 20.9. The SMILES string of the molecule is OC(CNC1CCN(c2ncnc3scc(-c4ccccc4)c23)CC1)COCc1ccccc1. The van der Waals surface area contributed by atoms with E-state index in [-0.39, 0.29) is 0 Å². The van der Waals surface area contributed by atoms with E-state index in [1.807, 2.05) is 36.4 Å². The Hall–Kier alpha value is -2.84. The molecule has 1 fully saturated rings. The van der Waals surface area contributed by atoms with Gasteiger partial charge in [-0.2, -0.15) is 0 Å². The van der Waals surface area contributed by atoms with Gasteiger partial charge in [0.15, 0.2) is 0 Å². The third-order valence-corrected chi connectivity index (χ3v) is 7.18. The smallest absolute Gasteiger partial charge is 0.141 e. The van der Waals surface area contributed by atoms with Gasteiger partial charge in [-0.3, -0.25) is 0 Å². The highest BCUT2D eigenvalue weighted by Gasteiger charge is 2.24. The number of hydrogen-bond acceptors (Lipinski definition) is 7. The summed E-state index contributed by atoms with van der Waals surface area (Å²) in [5, 5.41) is 17.2. The molecule has 6 nitrogen and oxygen atoms in total. The number of aromatic nitrogens is 2. The van der Waals surface area contributed by atoms with E-state index in [1.165, 1.54) is 11.1 Å². The summed E-state index contributed by atoms with van der Waals surface area (Å²) in [5.74, 6) is 1.03. The summed E-state index contributed by atoms with van der Waals surface area (Å²) in [4.78, 5) is 12.6. The van der Waals surface area contributed by atoms with Crippen molar-refractivity contribution in [1.82, 2.24) is 15.3 Å². The Balaban J connectivity index is 1.14. The van der Waals surface area contributed by atoms with Gasteiger partial charge in [-0.1, -0.05) is 60.7 Å². The minimum Gasteiger partial charge on any atom is -0.389 e. The molecule has 2 aromatic heterocycles. The molecule has 176 valence electrons. The Morgan fingerprint density at radius 3 is 2.53 bits per heavy atom. The van der Waals surface area contributed by atoms with Crippen LogP contribution in [0.1, 0.15) is 18.4 Å². The molecular weight excluding hydrogens is 444 g/mol. The molecule has 1 unspecified atom stereocenters. The molecule has 0 bridgehead atoms. The zero-order chi connectivity index (χ0) is 23.2. The Bertz CT molecular complexity index is 1180. The number of ether oxygens (including phenoxy) is 1. The quantitative estimate of drug-likeness (QED) is 0.372. The lowest BCUT2D eigenvalue weighted by atomic mass is 10.0. The van der Waals surface area contributed by atoms with Gasteiger partial charge >= 0.3 is 0 Å². The molecule has 1 saturated heterocycles. The van der Waals surface area contributed by atoms with Crippen LogP contribution in [0.15, 0.2) is 72.4 Å². The van der Waals surface area contributed by atoms with Crippen molar-refractivity contribution in [2.45, 2.75) is 31.6 Å². The molecule has 0 radical (unpaired) electrons. The summed E-state index contributed by atoms with van der Waals surface area (Å²) in [6.45, 7) is 3.25. The largest absolute Gasteiger partial charge is 0.389 e. The average molecular weight is 475 g/mol. The number of aliphatic hydroxyl groups excluding tert-OH is 1. The van der Waals surface area contributed by atoms with Gasteiger partial charge in [0.05, 0.1) is 24.7 Å². The number of aliphatic hydroxyl groups is 1. The molecule has 1 atom stereocenters. The van der Waals surface area contributed by atoms with Crippen molar-refractivity contribution in [3.8, 4) is 11.1 Å². The monoisotopic (exact) mass is 474 g/mol. The van der Waals surface area contributed by atoms with Gasteiger partial charge in [0.25, 0.3) is 0 Å². The van der Waals surface area contributed by atoms with Crippen LogP contribution >= 0.6 is 11.3 Å².